The van der Waals surface area contributed by atoms with E-state index < -0.39 is 44.4 Å². The van der Waals surface area contributed by atoms with Gasteiger partial charge in [-0.3, -0.25) is 9.36 Å². The molecule has 218 valence electrons. The third-order valence-corrected chi connectivity index (χ3v) is 9.30. The number of carbonyl (C=O) groups is 1. The lowest BCUT2D eigenvalue weighted by atomic mass is 9.89. The van der Waals surface area contributed by atoms with E-state index in [9.17, 15) is 31.2 Å². The van der Waals surface area contributed by atoms with Crippen molar-refractivity contribution in [1.82, 2.24) is 8.87 Å². The first kappa shape index (κ1) is 29.3. The van der Waals surface area contributed by atoms with Crippen LogP contribution in [0.15, 0.2) is 82.6 Å². The van der Waals surface area contributed by atoms with E-state index in [0.29, 0.717) is 0 Å². The van der Waals surface area contributed by atoms with Gasteiger partial charge in [-0.2, -0.15) is 17.5 Å². The second-order valence-corrected chi connectivity index (χ2v) is 11.9. The number of hydrogen-bond donors (Lipinski definition) is 0. The molecule has 1 atom stereocenters. The van der Waals surface area contributed by atoms with Gasteiger partial charge < -0.3 is 4.74 Å². The molecule has 0 saturated carbocycles. The molecule has 0 radical (unpaired) electrons. The maximum absolute atomic E-state index is 14.2. The van der Waals surface area contributed by atoms with E-state index in [4.69, 9.17) is 4.74 Å². The smallest absolute Gasteiger partial charge is 0.416 e. The van der Waals surface area contributed by atoms with Crippen LogP contribution in [0.25, 0.3) is 28.0 Å². The molecule has 42 heavy (non-hydrogen) atoms. The number of fused-ring (bicyclic) bond motifs is 2. The fourth-order valence-corrected chi connectivity index (χ4v) is 7.06. The van der Waals surface area contributed by atoms with Crippen LogP contribution in [-0.2, 0) is 32.2 Å². The number of halogens is 3. The summed E-state index contributed by atoms with van der Waals surface area (Å²) in [7, 11) is -2.08. The first-order valence-corrected chi connectivity index (χ1v) is 14.5. The number of pyridine rings is 1. The molecule has 4 aromatic rings. The molecule has 0 saturated heterocycles. The van der Waals surface area contributed by atoms with E-state index in [0.717, 1.165) is 44.5 Å². The van der Waals surface area contributed by atoms with Crippen molar-refractivity contribution in [3.63, 3.8) is 0 Å². The number of alkyl halides is 3. The Balaban J connectivity index is 1.98. The molecule has 0 fully saturated rings. The summed E-state index contributed by atoms with van der Waals surface area (Å²) in [6.07, 6.45) is -1.61. The van der Waals surface area contributed by atoms with Gasteiger partial charge >= 0.3 is 12.1 Å². The summed E-state index contributed by atoms with van der Waals surface area (Å²) in [6, 6.07) is 16.0. The van der Waals surface area contributed by atoms with Crippen molar-refractivity contribution < 1.29 is 31.1 Å². The lowest BCUT2D eigenvalue weighted by Crippen LogP contribution is -2.49. The number of allylic oxidation sites excluding steroid dienone is 1. The van der Waals surface area contributed by atoms with E-state index in [2.05, 4.69) is 0 Å². The van der Waals surface area contributed by atoms with E-state index in [1.54, 1.807) is 13.0 Å². The highest BCUT2D eigenvalue weighted by Gasteiger charge is 2.43. The van der Waals surface area contributed by atoms with Crippen LogP contribution in [0.1, 0.15) is 35.2 Å². The molecular weight excluding hydrogens is 569 g/mol. The van der Waals surface area contributed by atoms with Crippen molar-refractivity contribution >= 4 is 32.8 Å². The number of esters is 1. The van der Waals surface area contributed by atoms with Gasteiger partial charge in [-0.1, -0.05) is 66.7 Å². The van der Waals surface area contributed by atoms with Gasteiger partial charge in [0.1, 0.15) is 6.04 Å². The topological polar surface area (TPSA) is 85.7 Å². The minimum Gasteiger partial charge on any atom is -0.467 e. The summed E-state index contributed by atoms with van der Waals surface area (Å²) in [6.45, 7) is 1.28. The molecule has 5 rings (SSSR count). The zero-order valence-electron chi connectivity index (χ0n) is 23.0. The number of rotatable bonds is 5. The average Bonchev–Trinajstić information content (AvgIpc) is 2.96. The van der Waals surface area contributed by atoms with E-state index >= 15 is 0 Å². The van der Waals surface area contributed by atoms with Crippen molar-refractivity contribution in [2.24, 2.45) is 0 Å². The van der Waals surface area contributed by atoms with Crippen LogP contribution in [0.5, 0.6) is 0 Å². The molecule has 1 aliphatic heterocycles. The summed E-state index contributed by atoms with van der Waals surface area (Å²) in [5.41, 5.74) is -0.861. The van der Waals surface area contributed by atoms with Gasteiger partial charge in [0.05, 0.1) is 12.7 Å². The van der Waals surface area contributed by atoms with Crippen molar-refractivity contribution in [3.8, 4) is 11.1 Å². The third kappa shape index (κ3) is 4.92. The zero-order chi connectivity index (χ0) is 30.4. The largest absolute Gasteiger partial charge is 0.467 e. The molecule has 7 nitrogen and oxygen atoms in total. The summed E-state index contributed by atoms with van der Waals surface area (Å²) >= 11 is 0. The van der Waals surface area contributed by atoms with Crippen molar-refractivity contribution in [3.05, 3.63) is 105 Å². The number of aromatic nitrogens is 1. The van der Waals surface area contributed by atoms with Crippen LogP contribution >= 0.6 is 0 Å². The monoisotopic (exact) mass is 596 g/mol. The lowest BCUT2D eigenvalue weighted by molar-refractivity contribution is -0.145. The summed E-state index contributed by atoms with van der Waals surface area (Å²) in [5.74, 6) is -0.858. The molecule has 0 N–H and O–H groups in total. The summed E-state index contributed by atoms with van der Waals surface area (Å²) in [5, 5.41) is 1.18. The Hall–Kier alpha value is -4.22. The van der Waals surface area contributed by atoms with E-state index in [1.165, 1.54) is 25.3 Å². The van der Waals surface area contributed by atoms with Gasteiger partial charge in [0, 0.05) is 24.7 Å². The third-order valence-electron chi connectivity index (χ3n) is 7.44. The molecular formula is C31H27F3N2O5S. The molecule has 1 aromatic heterocycles. The maximum Gasteiger partial charge on any atom is 0.416 e. The zero-order valence-corrected chi connectivity index (χ0v) is 23.8. The first-order valence-electron chi connectivity index (χ1n) is 13.0. The van der Waals surface area contributed by atoms with Crippen LogP contribution in [0.3, 0.4) is 0 Å². The van der Waals surface area contributed by atoms with Crippen molar-refractivity contribution in [2.75, 3.05) is 20.7 Å². The van der Waals surface area contributed by atoms with Gasteiger partial charge in [0.15, 0.2) is 5.03 Å². The van der Waals surface area contributed by atoms with E-state index in [1.807, 2.05) is 42.5 Å². The Kier molecular flexibility index (Phi) is 7.59. The number of sulfonamides is 1. The molecule has 11 heteroatoms. The van der Waals surface area contributed by atoms with Gasteiger partial charge in [0.2, 0.25) is 0 Å². The van der Waals surface area contributed by atoms with Gasteiger partial charge in [-0.25, -0.2) is 13.2 Å². The number of nitrogens with zero attached hydrogens (tertiary/aromatic N) is 2. The Morgan fingerprint density at radius 1 is 1.07 bits per heavy atom. The quantitative estimate of drug-likeness (QED) is 0.278. The van der Waals surface area contributed by atoms with Gasteiger partial charge in [-0.15, -0.1) is 0 Å². The minimum atomic E-state index is -4.71. The normalized spacial score (nSPS) is 17.0. The molecule has 3 aromatic carbocycles. The van der Waals surface area contributed by atoms with Crippen LogP contribution in [0, 0.1) is 0 Å². The molecule has 2 heterocycles. The number of hydrogen-bond acceptors (Lipinski definition) is 5. The average molecular weight is 597 g/mol. The highest BCUT2D eigenvalue weighted by atomic mass is 32.2. The Morgan fingerprint density at radius 2 is 1.76 bits per heavy atom. The molecule has 0 bridgehead atoms. The molecule has 0 amide bonds. The SMILES string of the molecule is C/C=C/c1c(Cc2cccc3ccccc23)c(-c2cccc(C(F)(F)F)c2)c2n(c1=O)C(C(=O)OC)CN(C)S2(=O)=O. The lowest BCUT2D eigenvalue weighted by Gasteiger charge is -2.34. The van der Waals surface area contributed by atoms with Crippen LogP contribution in [0.4, 0.5) is 13.2 Å². The van der Waals surface area contributed by atoms with Crippen molar-refractivity contribution in [2.45, 2.75) is 30.6 Å². The number of likely N-dealkylation sites (N-methyl/N-ethyl adjacent to an activating group) is 1. The Morgan fingerprint density at radius 3 is 2.45 bits per heavy atom. The molecule has 0 aliphatic carbocycles. The van der Waals surface area contributed by atoms with Crippen LogP contribution in [-0.4, -0.2) is 44.0 Å². The Labute approximate surface area is 240 Å². The maximum atomic E-state index is 14.2. The van der Waals surface area contributed by atoms with Crippen molar-refractivity contribution in [1.29, 1.82) is 0 Å². The summed E-state index contributed by atoms with van der Waals surface area (Å²) < 4.78 is 76.2. The number of carbonyl (C=O) groups excluding carboxylic acids is 1. The molecule has 0 spiro atoms. The fourth-order valence-electron chi connectivity index (χ4n) is 5.47. The highest BCUT2D eigenvalue weighted by molar-refractivity contribution is 7.89. The van der Waals surface area contributed by atoms with E-state index in [-0.39, 0.29) is 35.2 Å². The predicted octanol–water partition coefficient (Wildman–Crippen LogP) is 5.66. The summed E-state index contributed by atoms with van der Waals surface area (Å²) in [4.78, 5) is 27.0. The van der Waals surface area contributed by atoms with Crippen LogP contribution < -0.4 is 5.56 Å². The van der Waals surface area contributed by atoms with Gasteiger partial charge in [0.25, 0.3) is 15.6 Å². The first-order chi connectivity index (χ1) is 19.9. The van der Waals surface area contributed by atoms with Crippen LogP contribution in [0.2, 0.25) is 0 Å². The molecule has 1 unspecified atom stereocenters. The minimum absolute atomic E-state index is 0.0256. The fraction of sp³-hybridized carbons (Fsp3) is 0.226. The molecule has 1 aliphatic rings. The second kappa shape index (κ2) is 10.9. The highest BCUT2D eigenvalue weighted by Crippen LogP contribution is 2.41. The van der Waals surface area contributed by atoms with Gasteiger partial charge in [-0.05, 0) is 52.9 Å². The number of benzene rings is 3. The predicted molar refractivity (Wildman–Crippen MR) is 153 cm³/mol. The Bertz CT molecular complexity index is 1910. The standard InChI is InChI=1S/C31H27F3N2O5S/c1-4-9-24-25(17-20-12-7-11-19-10-5-6-15-23(19)20)27(21-13-8-14-22(16-21)31(32,33)34)29-36(28(24)37)26(30(38)41-3)18-35(2)42(29,39)40/h4-16,26H,17-18H2,1-3H3/b9-4+. The number of methoxy groups -OCH3 is 1. The second-order valence-electron chi connectivity index (χ2n) is 9.97. The number of ether oxygens (including phenoxy) is 1.